The number of fused-ring (bicyclic) bond motifs is 1. The molecule has 0 fully saturated rings. The summed E-state index contributed by atoms with van der Waals surface area (Å²) in [4.78, 5) is 8.41. The highest BCUT2D eigenvalue weighted by Crippen LogP contribution is 2.25. The molecule has 94 valence electrons. The lowest BCUT2D eigenvalue weighted by molar-refractivity contribution is 1.22. The Hall–Kier alpha value is -1.84. The summed E-state index contributed by atoms with van der Waals surface area (Å²) in [5, 5.41) is 5.05. The third-order valence-corrected chi connectivity index (χ3v) is 3.10. The second kappa shape index (κ2) is 5.03. The molecular formula is C14H9Cl2N3. The van der Waals surface area contributed by atoms with Gasteiger partial charge < -0.3 is 5.32 Å². The molecule has 19 heavy (non-hydrogen) atoms. The van der Waals surface area contributed by atoms with Crippen molar-refractivity contribution >= 4 is 45.6 Å². The minimum atomic E-state index is 0.218. The highest BCUT2D eigenvalue weighted by molar-refractivity contribution is 6.30. The Morgan fingerprint density at radius 2 is 1.58 bits per heavy atom. The molecule has 3 nitrogen and oxygen atoms in total. The van der Waals surface area contributed by atoms with Crippen molar-refractivity contribution in [1.82, 2.24) is 9.97 Å². The first-order valence-corrected chi connectivity index (χ1v) is 6.43. The normalized spacial score (nSPS) is 10.6. The molecule has 0 aliphatic heterocycles. The highest BCUT2D eigenvalue weighted by Gasteiger charge is 2.06. The predicted molar refractivity (Wildman–Crippen MR) is 79.3 cm³/mol. The zero-order valence-electron chi connectivity index (χ0n) is 9.77. The van der Waals surface area contributed by atoms with Crippen molar-refractivity contribution in [2.24, 2.45) is 0 Å². The Balaban J connectivity index is 2.07. The first kappa shape index (κ1) is 12.2. The largest absolute Gasteiger partial charge is 0.340 e. The molecule has 5 heteroatoms. The monoisotopic (exact) mass is 289 g/mol. The summed E-state index contributed by atoms with van der Waals surface area (Å²) in [6.45, 7) is 0. The smallest absolute Gasteiger partial charge is 0.224 e. The summed E-state index contributed by atoms with van der Waals surface area (Å²) in [5.41, 5.74) is 1.70. The number of benzene rings is 2. The Kier molecular flexibility index (Phi) is 3.23. The second-order valence-corrected chi connectivity index (χ2v) is 4.76. The summed E-state index contributed by atoms with van der Waals surface area (Å²) in [5.74, 6) is 0.679. The molecule has 0 aliphatic rings. The number of rotatable bonds is 2. The molecule has 3 rings (SSSR count). The molecule has 0 spiro atoms. The maximum Gasteiger partial charge on any atom is 0.224 e. The fourth-order valence-electron chi connectivity index (χ4n) is 1.81. The van der Waals surface area contributed by atoms with Crippen LogP contribution in [0.5, 0.6) is 0 Å². The molecule has 3 aromatic rings. The summed E-state index contributed by atoms with van der Waals surface area (Å²) in [6.07, 6.45) is 0. The van der Waals surface area contributed by atoms with Crippen molar-refractivity contribution in [3.05, 3.63) is 58.8 Å². The number of nitrogens with one attached hydrogen (secondary N) is 1. The number of hydrogen-bond donors (Lipinski definition) is 1. The molecule has 2 aromatic carbocycles. The Labute approximate surface area is 120 Å². The van der Waals surface area contributed by atoms with Crippen molar-refractivity contribution in [3.8, 4) is 0 Å². The van der Waals surface area contributed by atoms with E-state index >= 15 is 0 Å². The lowest BCUT2D eigenvalue weighted by Gasteiger charge is -2.09. The molecule has 1 N–H and O–H groups in total. The quantitative estimate of drug-likeness (QED) is 0.696. The van der Waals surface area contributed by atoms with Crippen molar-refractivity contribution in [3.63, 3.8) is 0 Å². The summed E-state index contributed by atoms with van der Waals surface area (Å²) in [7, 11) is 0. The lowest BCUT2D eigenvalue weighted by atomic mass is 10.2. The molecule has 0 unspecified atom stereocenters. The molecule has 0 radical (unpaired) electrons. The second-order valence-electron chi connectivity index (χ2n) is 3.99. The van der Waals surface area contributed by atoms with Crippen LogP contribution in [0.2, 0.25) is 10.3 Å². The van der Waals surface area contributed by atoms with Crippen LogP contribution >= 0.6 is 23.2 Å². The van der Waals surface area contributed by atoms with Gasteiger partial charge in [0, 0.05) is 16.1 Å². The third kappa shape index (κ3) is 2.62. The standard InChI is InChI=1S/C14H9Cl2N3/c15-9-5-7-10(8-6-9)17-13-11-3-1-2-4-12(11)18-14(16)19-13/h1-8H,(H,17,18,19). The molecule has 0 aliphatic carbocycles. The first-order chi connectivity index (χ1) is 9.22. The van der Waals surface area contributed by atoms with Gasteiger partial charge in [-0.15, -0.1) is 0 Å². The average molecular weight is 290 g/mol. The number of para-hydroxylation sites is 1. The minimum absolute atomic E-state index is 0.218. The van der Waals surface area contributed by atoms with Gasteiger partial charge in [0.15, 0.2) is 0 Å². The van der Waals surface area contributed by atoms with Crippen molar-refractivity contribution in [1.29, 1.82) is 0 Å². The molecule has 0 saturated heterocycles. The van der Waals surface area contributed by atoms with E-state index in [1.54, 1.807) is 0 Å². The van der Waals surface area contributed by atoms with Gasteiger partial charge in [-0.2, -0.15) is 4.98 Å². The zero-order valence-corrected chi connectivity index (χ0v) is 11.3. The van der Waals surface area contributed by atoms with E-state index in [1.165, 1.54) is 0 Å². The molecule has 0 atom stereocenters. The van der Waals surface area contributed by atoms with E-state index in [1.807, 2.05) is 48.5 Å². The van der Waals surface area contributed by atoms with Crippen LogP contribution in [0.25, 0.3) is 10.9 Å². The van der Waals surface area contributed by atoms with E-state index in [0.717, 1.165) is 16.6 Å². The van der Waals surface area contributed by atoms with Crippen LogP contribution in [-0.4, -0.2) is 9.97 Å². The van der Waals surface area contributed by atoms with E-state index in [4.69, 9.17) is 23.2 Å². The van der Waals surface area contributed by atoms with Crippen LogP contribution in [0.4, 0.5) is 11.5 Å². The van der Waals surface area contributed by atoms with Gasteiger partial charge in [0.05, 0.1) is 5.52 Å². The Morgan fingerprint density at radius 1 is 0.842 bits per heavy atom. The summed E-state index contributed by atoms with van der Waals surface area (Å²) >= 11 is 11.8. The van der Waals surface area contributed by atoms with Gasteiger partial charge in [0.25, 0.3) is 0 Å². The van der Waals surface area contributed by atoms with E-state index in [2.05, 4.69) is 15.3 Å². The summed E-state index contributed by atoms with van der Waals surface area (Å²) < 4.78 is 0. The van der Waals surface area contributed by atoms with Gasteiger partial charge in [-0.3, -0.25) is 0 Å². The summed E-state index contributed by atoms with van der Waals surface area (Å²) in [6, 6.07) is 15.1. The van der Waals surface area contributed by atoms with Crippen LogP contribution in [0.1, 0.15) is 0 Å². The third-order valence-electron chi connectivity index (χ3n) is 2.68. The van der Waals surface area contributed by atoms with Crippen LogP contribution in [0.15, 0.2) is 48.5 Å². The maximum absolute atomic E-state index is 5.93. The van der Waals surface area contributed by atoms with Crippen LogP contribution in [-0.2, 0) is 0 Å². The number of anilines is 2. The van der Waals surface area contributed by atoms with Crippen LogP contribution < -0.4 is 5.32 Å². The molecule has 0 amide bonds. The van der Waals surface area contributed by atoms with Crippen LogP contribution in [0.3, 0.4) is 0 Å². The van der Waals surface area contributed by atoms with E-state index < -0.39 is 0 Å². The van der Waals surface area contributed by atoms with Gasteiger partial charge in [-0.25, -0.2) is 4.98 Å². The number of nitrogens with zero attached hydrogens (tertiary/aromatic N) is 2. The van der Waals surface area contributed by atoms with Crippen molar-refractivity contribution < 1.29 is 0 Å². The molecule has 1 aromatic heterocycles. The predicted octanol–water partition coefficient (Wildman–Crippen LogP) is 4.68. The maximum atomic E-state index is 5.93. The van der Waals surface area contributed by atoms with Crippen molar-refractivity contribution in [2.45, 2.75) is 0 Å². The van der Waals surface area contributed by atoms with Crippen LogP contribution in [0, 0.1) is 0 Å². The number of halogens is 2. The SMILES string of the molecule is Clc1ccc(Nc2nc(Cl)nc3ccccc23)cc1. The zero-order chi connectivity index (χ0) is 13.2. The fourth-order valence-corrected chi connectivity index (χ4v) is 2.12. The molecule has 0 saturated carbocycles. The lowest BCUT2D eigenvalue weighted by Crippen LogP contribution is -1.96. The average Bonchev–Trinajstić information content (AvgIpc) is 2.41. The molecule has 0 bridgehead atoms. The van der Waals surface area contributed by atoms with Gasteiger partial charge in [-0.05, 0) is 48.0 Å². The minimum Gasteiger partial charge on any atom is -0.340 e. The molecular weight excluding hydrogens is 281 g/mol. The van der Waals surface area contributed by atoms with Gasteiger partial charge in [0.2, 0.25) is 5.28 Å². The van der Waals surface area contributed by atoms with Gasteiger partial charge in [-0.1, -0.05) is 23.7 Å². The van der Waals surface area contributed by atoms with E-state index in [9.17, 15) is 0 Å². The first-order valence-electron chi connectivity index (χ1n) is 5.67. The Bertz CT molecular complexity index is 726. The van der Waals surface area contributed by atoms with E-state index in [-0.39, 0.29) is 5.28 Å². The van der Waals surface area contributed by atoms with E-state index in [0.29, 0.717) is 10.8 Å². The Morgan fingerprint density at radius 3 is 2.37 bits per heavy atom. The number of hydrogen-bond acceptors (Lipinski definition) is 3. The molecule has 1 heterocycles. The topological polar surface area (TPSA) is 37.8 Å². The van der Waals surface area contributed by atoms with Gasteiger partial charge >= 0.3 is 0 Å². The fraction of sp³-hybridized carbons (Fsp3) is 0. The van der Waals surface area contributed by atoms with Gasteiger partial charge in [0.1, 0.15) is 5.82 Å². The highest BCUT2D eigenvalue weighted by atomic mass is 35.5. The van der Waals surface area contributed by atoms with Crippen molar-refractivity contribution in [2.75, 3.05) is 5.32 Å². The number of aromatic nitrogens is 2.